The third-order valence-corrected chi connectivity index (χ3v) is 4.85. The molecule has 9 nitrogen and oxygen atoms in total. The quantitative estimate of drug-likeness (QED) is 0.302. The molecule has 0 saturated carbocycles. The molecule has 0 spiro atoms. The average Bonchev–Trinajstić information content (AvgIpc) is 2.97. The van der Waals surface area contributed by atoms with E-state index in [-0.39, 0.29) is 11.4 Å². The molecule has 0 atom stereocenters. The van der Waals surface area contributed by atoms with Crippen molar-refractivity contribution in [3.63, 3.8) is 0 Å². The summed E-state index contributed by atoms with van der Waals surface area (Å²) in [5, 5.41) is 27.6. The molecule has 0 radical (unpaired) electrons. The van der Waals surface area contributed by atoms with E-state index < -0.39 is 15.5 Å². The van der Waals surface area contributed by atoms with Crippen molar-refractivity contribution in [3.8, 4) is 0 Å². The van der Waals surface area contributed by atoms with Crippen LogP contribution in [0.15, 0.2) is 47.6 Å². The highest BCUT2D eigenvalue weighted by atomic mass is 35.5. The molecule has 1 N–H and O–H groups in total. The van der Waals surface area contributed by atoms with Crippen LogP contribution < -0.4 is 5.43 Å². The summed E-state index contributed by atoms with van der Waals surface area (Å²) in [6, 6.07) is 11.0. The highest BCUT2D eigenvalue weighted by Gasteiger charge is 2.19. The number of nitrogens with zero attached hydrogens (tertiary/aromatic N) is 4. The zero-order chi connectivity index (χ0) is 21.0. The van der Waals surface area contributed by atoms with Gasteiger partial charge in [-0.25, -0.2) is 0 Å². The van der Waals surface area contributed by atoms with Crippen molar-refractivity contribution in [3.05, 3.63) is 73.4 Å². The fraction of sp³-hybridized carbons (Fsp3) is 0.211. The number of para-hydroxylation sites is 1. The minimum absolute atomic E-state index is 0.0442. The van der Waals surface area contributed by atoms with Crippen LogP contribution >= 0.6 is 11.6 Å². The summed E-state index contributed by atoms with van der Waals surface area (Å²) in [6.07, 6.45) is 3.50. The lowest BCUT2D eigenvalue weighted by molar-refractivity contribution is -0.393. The number of aromatic nitrogens is 1. The predicted molar refractivity (Wildman–Crippen MR) is 113 cm³/mol. The number of fused-ring (bicyclic) bond motifs is 1. The Balaban J connectivity index is 1.93. The molecule has 1 aromatic heterocycles. The van der Waals surface area contributed by atoms with Gasteiger partial charge < -0.3 is 4.57 Å². The average molecular weight is 416 g/mol. The zero-order valence-corrected chi connectivity index (χ0v) is 16.3. The van der Waals surface area contributed by atoms with Gasteiger partial charge in [0.05, 0.1) is 22.1 Å². The first kappa shape index (κ1) is 20.3. The van der Waals surface area contributed by atoms with Crippen LogP contribution in [0.2, 0.25) is 5.15 Å². The van der Waals surface area contributed by atoms with Crippen molar-refractivity contribution >= 4 is 45.8 Å². The Bertz CT molecular complexity index is 1110. The van der Waals surface area contributed by atoms with Gasteiger partial charge in [0.2, 0.25) is 0 Å². The summed E-state index contributed by atoms with van der Waals surface area (Å²) in [7, 11) is 0. The molecule has 0 amide bonds. The van der Waals surface area contributed by atoms with Gasteiger partial charge in [0.25, 0.3) is 5.69 Å². The number of hydrogen-bond acceptors (Lipinski definition) is 6. The maximum absolute atomic E-state index is 11.2. The van der Waals surface area contributed by atoms with E-state index in [0.717, 1.165) is 36.4 Å². The number of hydrogen-bond donors (Lipinski definition) is 1. The van der Waals surface area contributed by atoms with Crippen LogP contribution in [0.25, 0.3) is 10.9 Å². The molecule has 0 bridgehead atoms. The van der Waals surface area contributed by atoms with Crippen LogP contribution in [0.1, 0.15) is 25.3 Å². The molecule has 0 aliphatic rings. The van der Waals surface area contributed by atoms with E-state index in [1.165, 1.54) is 18.3 Å². The van der Waals surface area contributed by atoms with Crippen LogP contribution in [0.4, 0.5) is 17.1 Å². The Morgan fingerprint density at radius 2 is 1.93 bits per heavy atom. The summed E-state index contributed by atoms with van der Waals surface area (Å²) >= 11 is 6.57. The highest BCUT2D eigenvalue weighted by Crippen LogP contribution is 2.31. The van der Waals surface area contributed by atoms with Crippen molar-refractivity contribution in [1.82, 2.24) is 4.57 Å². The second-order valence-corrected chi connectivity index (χ2v) is 6.67. The maximum Gasteiger partial charge on any atom is 0.301 e. The van der Waals surface area contributed by atoms with E-state index in [1.807, 2.05) is 28.8 Å². The molecule has 3 rings (SSSR count). The normalized spacial score (nSPS) is 11.2. The molecule has 0 saturated heterocycles. The lowest BCUT2D eigenvalue weighted by Gasteiger charge is -2.05. The Kier molecular flexibility index (Phi) is 6.08. The van der Waals surface area contributed by atoms with Crippen molar-refractivity contribution in [1.29, 1.82) is 0 Å². The molecule has 1 heterocycles. The van der Waals surface area contributed by atoms with Gasteiger partial charge in [-0.2, -0.15) is 5.10 Å². The molecule has 29 heavy (non-hydrogen) atoms. The SMILES string of the molecule is CCCCn1c(Cl)c(/C=N/Nc2ccc([N+](=O)[O-])cc2[N+](=O)[O-])c2ccccc21. The van der Waals surface area contributed by atoms with Gasteiger partial charge in [-0.1, -0.05) is 43.1 Å². The summed E-state index contributed by atoms with van der Waals surface area (Å²) in [5.41, 5.74) is 3.50. The first-order valence-electron chi connectivity index (χ1n) is 8.92. The summed E-state index contributed by atoms with van der Waals surface area (Å²) in [5.74, 6) is 0. The van der Waals surface area contributed by atoms with E-state index in [2.05, 4.69) is 17.5 Å². The first-order valence-corrected chi connectivity index (χ1v) is 9.30. The van der Waals surface area contributed by atoms with Crippen molar-refractivity contribution in [2.45, 2.75) is 26.3 Å². The number of non-ortho nitro benzene ring substituents is 1. The van der Waals surface area contributed by atoms with Gasteiger partial charge >= 0.3 is 5.69 Å². The standard InChI is InChI=1S/C19H18ClN5O4/c1-2-3-10-23-17-7-5-4-6-14(17)15(19(23)20)12-21-22-16-9-8-13(24(26)27)11-18(16)25(28)29/h4-9,11-12,22H,2-3,10H2,1H3/b21-12+. The Labute approximate surface area is 170 Å². The van der Waals surface area contributed by atoms with Crippen molar-refractivity contribution in [2.24, 2.45) is 5.10 Å². The van der Waals surface area contributed by atoms with Crippen LogP contribution in [-0.2, 0) is 6.54 Å². The number of nitrogens with one attached hydrogen (secondary N) is 1. The van der Waals surface area contributed by atoms with E-state index in [9.17, 15) is 20.2 Å². The molecular weight excluding hydrogens is 398 g/mol. The van der Waals surface area contributed by atoms with Gasteiger partial charge in [0, 0.05) is 29.1 Å². The number of hydrazone groups is 1. The maximum atomic E-state index is 11.2. The van der Waals surface area contributed by atoms with E-state index in [4.69, 9.17) is 11.6 Å². The van der Waals surface area contributed by atoms with Crippen LogP contribution in [0, 0.1) is 20.2 Å². The van der Waals surface area contributed by atoms with Crippen molar-refractivity contribution in [2.75, 3.05) is 5.43 Å². The van der Waals surface area contributed by atoms with Gasteiger partial charge in [0.15, 0.2) is 0 Å². The van der Waals surface area contributed by atoms with Gasteiger partial charge in [-0.05, 0) is 18.6 Å². The number of aryl methyl sites for hydroxylation is 1. The number of rotatable bonds is 8. The third kappa shape index (κ3) is 4.19. The summed E-state index contributed by atoms with van der Waals surface area (Å²) < 4.78 is 2.01. The molecule has 3 aromatic rings. The largest absolute Gasteiger partial charge is 0.331 e. The molecule has 10 heteroatoms. The predicted octanol–water partition coefficient (Wildman–Crippen LogP) is 5.36. The van der Waals surface area contributed by atoms with Crippen LogP contribution in [0.3, 0.4) is 0 Å². The molecular formula is C19H18ClN5O4. The highest BCUT2D eigenvalue weighted by molar-refractivity contribution is 6.34. The van der Waals surface area contributed by atoms with Crippen LogP contribution in [-0.4, -0.2) is 20.6 Å². The lowest BCUT2D eigenvalue weighted by atomic mass is 10.2. The van der Waals surface area contributed by atoms with Crippen LogP contribution in [0.5, 0.6) is 0 Å². The third-order valence-electron chi connectivity index (χ3n) is 4.45. The Morgan fingerprint density at radius 1 is 1.17 bits per heavy atom. The second kappa shape index (κ2) is 8.70. The Morgan fingerprint density at radius 3 is 2.62 bits per heavy atom. The molecule has 2 aromatic carbocycles. The summed E-state index contributed by atoms with van der Waals surface area (Å²) in [6.45, 7) is 2.87. The number of nitro groups is 2. The Hall–Kier alpha value is -3.46. The van der Waals surface area contributed by atoms with Crippen molar-refractivity contribution < 1.29 is 9.85 Å². The van der Waals surface area contributed by atoms with E-state index >= 15 is 0 Å². The zero-order valence-electron chi connectivity index (χ0n) is 15.5. The molecule has 0 fully saturated rings. The monoisotopic (exact) mass is 415 g/mol. The van der Waals surface area contributed by atoms with E-state index in [0.29, 0.717) is 10.7 Å². The topological polar surface area (TPSA) is 116 Å². The smallest absolute Gasteiger partial charge is 0.301 e. The van der Waals surface area contributed by atoms with Gasteiger partial charge in [-0.3, -0.25) is 25.7 Å². The number of nitro benzene ring substituents is 2. The molecule has 0 aliphatic carbocycles. The molecule has 150 valence electrons. The number of benzene rings is 2. The second-order valence-electron chi connectivity index (χ2n) is 6.31. The fourth-order valence-electron chi connectivity index (χ4n) is 3.00. The summed E-state index contributed by atoms with van der Waals surface area (Å²) in [4.78, 5) is 20.7. The minimum Gasteiger partial charge on any atom is -0.331 e. The number of anilines is 1. The van der Waals surface area contributed by atoms with Gasteiger partial charge in [-0.15, -0.1) is 0 Å². The first-order chi connectivity index (χ1) is 13.9. The number of unbranched alkanes of at least 4 members (excludes halogenated alkanes) is 1. The molecule has 0 unspecified atom stereocenters. The van der Waals surface area contributed by atoms with E-state index in [1.54, 1.807) is 0 Å². The van der Waals surface area contributed by atoms with Gasteiger partial charge in [0.1, 0.15) is 10.8 Å². The molecule has 0 aliphatic heterocycles. The fourth-order valence-corrected chi connectivity index (χ4v) is 3.33. The minimum atomic E-state index is -0.700. The lowest BCUT2D eigenvalue weighted by Crippen LogP contribution is -1.99. The number of halogens is 1.